The van der Waals surface area contributed by atoms with Gasteiger partial charge in [0.25, 0.3) is 0 Å². The number of hydrogen-bond donors (Lipinski definition) is 1. The highest BCUT2D eigenvalue weighted by atomic mass is 79.9. The molecule has 0 radical (unpaired) electrons. The van der Waals surface area contributed by atoms with Crippen LogP contribution >= 0.6 is 15.9 Å². The molecule has 1 atom stereocenters. The van der Waals surface area contributed by atoms with Crippen molar-refractivity contribution in [3.05, 3.63) is 0 Å². The smallest absolute Gasteiger partial charge is 0.220 e. The van der Waals surface area contributed by atoms with Gasteiger partial charge in [-0.15, -0.1) is 0 Å². The molecule has 0 saturated heterocycles. The molecular formula is C13H24BrNO. The molecule has 1 saturated carbocycles. The highest BCUT2D eigenvalue weighted by Crippen LogP contribution is 2.46. The van der Waals surface area contributed by atoms with Crippen molar-refractivity contribution in [1.82, 2.24) is 5.32 Å². The van der Waals surface area contributed by atoms with Gasteiger partial charge >= 0.3 is 0 Å². The Morgan fingerprint density at radius 2 is 2.00 bits per heavy atom. The van der Waals surface area contributed by atoms with Crippen molar-refractivity contribution in [1.29, 1.82) is 0 Å². The van der Waals surface area contributed by atoms with Crippen molar-refractivity contribution >= 4 is 21.8 Å². The fourth-order valence-corrected chi connectivity index (χ4v) is 2.24. The van der Waals surface area contributed by atoms with E-state index in [-0.39, 0.29) is 11.3 Å². The second kappa shape index (κ2) is 5.07. The molecule has 0 spiro atoms. The minimum atomic E-state index is 0.203. The first-order valence-corrected chi connectivity index (χ1v) is 7.24. The van der Waals surface area contributed by atoms with Gasteiger partial charge in [-0.1, -0.05) is 43.6 Å². The van der Waals surface area contributed by atoms with Crippen LogP contribution in [0.4, 0.5) is 0 Å². The van der Waals surface area contributed by atoms with Crippen LogP contribution in [0.2, 0.25) is 0 Å². The minimum Gasteiger partial charge on any atom is -0.356 e. The third kappa shape index (κ3) is 4.08. The molecule has 16 heavy (non-hydrogen) atoms. The summed E-state index contributed by atoms with van der Waals surface area (Å²) in [5.41, 5.74) is 0.588. The molecule has 1 amide bonds. The van der Waals surface area contributed by atoms with Crippen molar-refractivity contribution in [2.75, 3.05) is 11.9 Å². The number of halogens is 1. The second-order valence-corrected chi connectivity index (χ2v) is 6.94. The lowest BCUT2D eigenvalue weighted by Gasteiger charge is -2.26. The van der Waals surface area contributed by atoms with Crippen molar-refractivity contribution in [2.45, 2.75) is 47.0 Å². The molecule has 0 aromatic heterocycles. The topological polar surface area (TPSA) is 29.1 Å². The van der Waals surface area contributed by atoms with E-state index in [1.54, 1.807) is 0 Å². The molecule has 1 fully saturated rings. The molecular weight excluding hydrogens is 266 g/mol. The number of amides is 1. The Kier molecular flexibility index (Phi) is 4.44. The van der Waals surface area contributed by atoms with Gasteiger partial charge in [0.2, 0.25) is 5.91 Å². The van der Waals surface area contributed by atoms with Crippen LogP contribution in [0.1, 0.15) is 47.0 Å². The summed E-state index contributed by atoms with van der Waals surface area (Å²) in [5.74, 6) is 0.626. The molecule has 0 aromatic carbocycles. The molecule has 0 aliphatic heterocycles. The van der Waals surface area contributed by atoms with E-state index in [4.69, 9.17) is 0 Å². The lowest BCUT2D eigenvalue weighted by molar-refractivity contribution is -0.122. The predicted molar refractivity (Wildman–Crippen MR) is 71.7 cm³/mol. The van der Waals surface area contributed by atoms with E-state index in [2.05, 4.69) is 48.9 Å². The normalized spacial score (nSPS) is 20.3. The second-order valence-electron chi connectivity index (χ2n) is 6.38. The zero-order valence-corrected chi connectivity index (χ0v) is 12.5. The van der Waals surface area contributed by atoms with Crippen LogP contribution in [0, 0.1) is 16.7 Å². The van der Waals surface area contributed by atoms with Crippen LogP contribution in [-0.4, -0.2) is 17.8 Å². The van der Waals surface area contributed by atoms with Crippen LogP contribution in [-0.2, 0) is 4.79 Å². The number of alkyl halides is 1. The Bertz CT molecular complexity index is 253. The van der Waals surface area contributed by atoms with Gasteiger partial charge in [0.1, 0.15) is 0 Å². The van der Waals surface area contributed by atoms with Crippen molar-refractivity contribution in [3.63, 3.8) is 0 Å². The van der Waals surface area contributed by atoms with Gasteiger partial charge < -0.3 is 5.32 Å². The molecule has 1 unspecified atom stereocenters. The Morgan fingerprint density at radius 3 is 2.38 bits per heavy atom. The maximum atomic E-state index is 11.8. The third-order valence-corrected chi connectivity index (χ3v) is 5.06. The molecule has 2 nitrogen and oxygen atoms in total. The van der Waals surface area contributed by atoms with E-state index in [9.17, 15) is 4.79 Å². The summed E-state index contributed by atoms with van der Waals surface area (Å²) in [6.07, 6.45) is 3.13. The molecule has 1 rings (SSSR count). The number of rotatable bonds is 5. The highest BCUT2D eigenvalue weighted by Gasteiger charge is 2.41. The zero-order chi connectivity index (χ0) is 12.4. The van der Waals surface area contributed by atoms with E-state index in [1.165, 1.54) is 12.8 Å². The molecule has 1 aliphatic rings. The Balaban J connectivity index is 2.26. The average molecular weight is 290 g/mol. The molecule has 1 aliphatic carbocycles. The van der Waals surface area contributed by atoms with Gasteiger partial charge in [-0.2, -0.15) is 0 Å². The van der Waals surface area contributed by atoms with Gasteiger partial charge in [0.15, 0.2) is 0 Å². The molecule has 1 N–H and O–H groups in total. The van der Waals surface area contributed by atoms with Crippen molar-refractivity contribution < 1.29 is 4.79 Å². The summed E-state index contributed by atoms with van der Waals surface area (Å²) in [4.78, 5) is 11.8. The Morgan fingerprint density at radius 1 is 1.44 bits per heavy atom. The number of hydrogen-bond acceptors (Lipinski definition) is 1. The van der Waals surface area contributed by atoms with E-state index in [1.807, 2.05) is 0 Å². The van der Waals surface area contributed by atoms with Crippen LogP contribution in [0.5, 0.6) is 0 Å². The SMILES string of the molecule is CC(CC(=O)NCC1(CBr)CC1)C(C)(C)C. The van der Waals surface area contributed by atoms with Gasteiger partial charge in [-0.25, -0.2) is 0 Å². The molecule has 0 heterocycles. The van der Waals surface area contributed by atoms with E-state index < -0.39 is 0 Å². The summed E-state index contributed by atoms with van der Waals surface area (Å²) in [7, 11) is 0. The fraction of sp³-hybridized carbons (Fsp3) is 0.923. The largest absolute Gasteiger partial charge is 0.356 e. The van der Waals surface area contributed by atoms with Gasteiger partial charge in [-0.05, 0) is 29.6 Å². The van der Waals surface area contributed by atoms with Crippen molar-refractivity contribution in [3.8, 4) is 0 Å². The summed E-state index contributed by atoms with van der Waals surface area (Å²) >= 11 is 3.51. The Labute approximate surface area is 108 Å². The lowest BCUT2D eigenvalue weighted by atomic mass is 9.80. The van der Waals surface area contributed by atoms with Crippen LogP contribution < -0.4 is 5.32 Å². The van der Waals surface area contributed by atoms with Crippen molar-refractivity contribution in [2.24, 2.45) is 16.7 Å². The predicted octanol–water partition coefficient (Wildman–Crippen LogP) is 3.35. The van der Waals surface area contributed by atoms with E-state index >= 15 is 0 Å². The zero-order valence-electron chi connectivity index (χ0n) is 10.9. The maximum Gasteiger partial charge on any atom is 0.220 e. The maximum absolute atomic E-state index is 11.8. The number of carbonyl (C=O) groups is 1. The molecule has 0 aromatic rings. The first-order chi connectivity index (χ1) is 7.29. The van der Waals surface area contributed by atoms with Gasteiger partial charge in [0.05, 0.1) is 0 Å². The standard InChI is InChI=1S/C13H24BrNO/c1-10(12(2,3)4)7-11(16)15-9-13(8-14)5-6-13/h10H,5-9H2,1-4H3,(H,15,16). The van der Waals surface area contributed by atoms with Gasteiger partial charge in [-0.3, -0.25) is 4.79 Å². The lowest BCUT2D eigenvalue weighted by Crippen LogP contribution is -2.33. The van der Waals surface area contributed by atoms with E-state index in [0.29, 0.717) is 17.8 Å². The highest BCUT2D eigenvalue weighted by molar-refractivity contribution is 9.09. The minimum absolute atomic E-state index is 0.203. The fourth-order valence-electron chi connectivity index (χ4n) is 1.48. The monoisotopic (exact) mass is 289 g/mol. The number of nitrogens with one attached hydrogen (secondary N) is 1. The summed E-state index contributed by atoms with van der Waals surface area (Å²) in [6, 6.07) is 0. The van der Waals surface area contributed by atoms with Crippen LogP contribution in [0.25, 0.3) is 0 Å². The summed E-state index contributed by atoms with van der Waals surface area (Å²) in [5, 5.41) is 4.08. The number of carbonyl (C=O) groups excluding carboxylic acids is 1. The third-order valence-electron chi connectivity index (χ3n) is 3.87. The molecule has 94 valence electrons. The van der Waals surface area contributed by atoms with Crippen LogP contribution in [0.15, 0.2) is 0 Å². The molecule has 3 heteroatoms. The van der Waals surface area contributed by atoms with E-state index in [0.717, 1.165) is 11.9 Å². The average Bonchev–Trinajstić information content (AvgIpc) is 2.94. The Hall–Kier alpha value is -0.0500. The van der Waals surface area contributed by atoms with Gasteiger partial charge in [0, 0.05) is 18.3 Å². The summed E-state index contributed by atoms with van der Waals surface area (Å²) < 4.78 is 0. The quantitative estimate of drug-likeness (QED) is 0.773. The van der Waals surface area contributed by atoms with Crippen LogP contribution in [0.3, 0.4) is 0 Å². The summed E-state index contributed by atoms with van der Waals surface area (Å²) in [6.45, 7) is 9.55. The first kappa shape index (κ1) is 14.0. The molecule has 0 bridgehead atoms. The first-order valence-electron chi connectivity index (χ1n) is 6.12.